The van der Waals surface area contributed by atoms with Crippen LogP contribution in [0, 0.1) is 6.92 Å². The highest BCUT2D eigenvalue weighted by Gasteiger charge is 2.19. The molecule has 1 unspecified atom stereocenters. The van der Waals surface area contributed by atoms with Gasteiger partial charge in [-0.1, -0.05) is 0 Å². The second-order valence-corrected chi connectivity index (χ2v) is 3.84. The fourth-order valence-electron chi connectivity index (χ4n) is 0.930. The summed E-state index contributed by atoms with van der Waals surface area (Å²) in [6.07, 6.45) is 0. The van der Waals surface area contributed by atoms with Gasteiger partial charge in [0, 0.05) is 9.75 Å². The lowest BCUT2D eigenvalue weighted by Gasteiger charge is -2.04. The van der Waals surface area contributed by atoms with Crippen molar-refractivity contribution in [3.8, 4) is 0 Å². The molecule has 0 aliphatic carbocycles. The molecule has 2 N–H and O–H groups in total. The Labute approximate surface area is 74.3 Å². The van der Waals surface area contributed by atoms with E-state index in [-0.39, 0.29) is 6.61 Å². The van der Waals surface area contributed by atoms with E-state index in [9.17, 15) is 4.79 Å². The highest BCUT2D eigenvalue weighted by molar-refractivity contribution is 7.12. The summed E-state index contributed by atoms with van der Waals surface area (Å²) in [6, 6.07) is 3.60. The van der Waals surface area contributed by atoms with Crippen molar-refractivity contribution >= 4 is 17.3 Å². The fraction of sp³-hybridized carbons (Fsp3) is 0.375. The summed E-state index contributed by atoms with van der Waals surface area (Å²) in [5.41, 5.74) is 0. The van der Waals surface area contributed by atoms with Crippen molar-refractivity contribution in [1.29, 1.82) is 0 Å². The molecule has 66 valence electrons. The predicted molar refractivity (Wildman–Crippen MR) is 46.5 cm³/mol. The van der Waals surface area contributed by atoms with Gasteiger partial charge in [-0.05, 0) is 19.1 Å². The molecule has 1 atom stereocenters. The van der Waals surface area contributed by atoms with Crippen LogP contribution < -0.4 is 0 Å². The summed E-state index contributed by atoms with van der Waals surface area (Å²) in [6.45, 7) is 1.57. The van der Waals surface area contributed by atoms with Gasteiger partial charge in [-0.2, -0.15) is 0 Å². The summed E-state index contributed by atoms with van der Waals surface area (Å²) in [5.74, 6) is -1.73. The first kappa shape index (κ1) is 9.22. The van der Waals surface area contributed by atoms with Crippen LogP contribution in [0.3, 0.4) is 0 Å². The number of hydrogen-bond acceptors (Lipinski definition) is 3. The molecule has 1 aromatic rings. The Bertz CT molecular complexity index is 280. The van der Waals surface area contributed by atoms with Crippen molar-refractivity contribution in [2.75, 3.05) is 6.61 Å². The van der Waals surface area contributed by atoms with E-state index in [0.29, 0.717) is 4.88 Å². The lowest BCUT2D eigenvalue weighted by molar-refractivity contribution is -0.139. The molecule has 4 heteroatoms. The van der Waals surface area contributed by atoms with E-state index in [1.165, 1.54) is 11.3 Å². The van der Waals surface area contributed by atoms with Gasteiger partial charge in [0.05, 0.1) is 6.61 Å². The fourth-order valence-corrected chi connectivity index (χ4v) is 1.89. The number of aliphatic hydroxyl groups is 1. The minimum Gasteiger partial charge on any atom is -0.481 e. The van der Waals surface area contributed by atoms with Gasteiger partial charge in [-0.15, -0.1) is 11.3 Å². The van der Waals surface area contributed by atoms with Crippen LogP contribution in [-0.2, 0) is 4.79 Å². The summed E-state index contributed by atoms with van der Waals surface area (Å²) < 4.78 is 0. The third kappa shape index (κ3) is 1.84. The highest BCUT2D eigenvalue weighted by atomic mass is 32.1. The topological polar surface area (TPSA) is 57.5 Å². The maximum absolute atomic E-state index is 10.6. The Kier molecular flexibility index (Phi) is 2.83. The molecule has 1 rings (SSSR count). The molecule has 1 aromatic heterocycles. The Morgan fingerprint density at radius 2 is 2.33 bits per heavy atom. The lowest BCUT2D eigenvalue weighted by atomic mass is 10.1. The molecule has 0 saturated heterocycles. The zero-order valence-electron chi connectivity index (χ0n) is 6.65. The number of aliphatic hydroxyl groups excluding tert-OH is 1. The summed E-state index contributed by atoms with van der Waals surface area (Å²) in [4.78, 5) is 12.4. The molecule has 0 aromatic carbocycles. The predicted octanol–water partition coefficient (Wildman–Crippen LogP) is 1.22. The molecule has 12 heavy (non-hydrogen) atoms. The first-order valence-corrected chi connectivity index (χ1v) is 4.36. The van der Waals surface area contributed by atoms with Crippen molar-refractivity contribution in [1.82, 2.24) is 0 Å². The molecule has 0 spiro atoms. The normalized spacial score (nSPS) is 12.8. The second kappa shape index (κ2) is 3.69. The van der Waals surface area contributed by atoms with E-state index in [4.69, 9.17) is 10.2 Å². The van der Waals surface area contributed by atoms with Crippen LogP contribution in [0.4, 0.5) is 0 Å². The number of hydrogen-bond donors (Lipinski definition) is 2. The first-order valence-electron chi connectivity index (χ1n) is 3.55. The van der Waals surface area contributed by atoms with Crippen LogP contribution in [0.2, 0.25) is 0 Å². The van der Waals surface area contributed by atoms with E-state index >= 15 is 0 Å². The van der Waals surface area contributed by atoms with Crippen molar-refractivity contribution in [2.45, 2.75) is 12.8 Å². The third-order valence-corrected chi connectivity index (χ3v) is 2.70. The van der Waals surface area contributed by atoms with Crippen molar-refractivity contribution in [3.63, 3.8) is 0 Å². The molecule has 0 fully saturated rings. The molecular formula is C8H10O3S. The van der Waals surface area contributed by atoms with E-state index in [1.54, 1.807) is 6.07 Å². The van der Waals surface area contributed by atoms with Gasteiger partial charge >= 0.3 is 5.97 Å². The van der Waals surface area contributed by atoms with Gasteiger partial charge in [0.15, 0.2) is 0 Å². The maximum atomic E-state index is 10.6. The average Bonchev–Trinajstić information content (AvgIpc) is 2.37. The van der Waals surface area contributed by atoms with E-state index in [1.807, 2.05) is 13.0 Å². The largest absolute Gasteiger partial charge is 0.481 e. The van der Waals surface area contributed by atoms with Crippen molar-refractivity contribution < 1.29 is 15.0 Å². The molecule has 0 aliphatic rings. The Hall–Kier alpha value is -0.870. The molecule has 0 bridgehead atoms. The molecule has 3 nitrogen and oxygen atoms in total. The number of aliphatic carboxylic acids is 1. The number of carboxylic acid groups (broad SMARTS) is 1. The highest BCUT2D eigenvalue weighted by Crippen LogP contribution is 2.24. The summed E-state index contributed by atoms with van der Waals surface area (Å²) in [7, 11) is 0. The van der Waals surface area contributed by atoms with Crippen LogP contribution in [0.1, 0.15) is 15.7 Å². The maximum Gasteiger partial charge on any atom is 0.314 e. The monoisotopic (exact) mass is 186 g/mol. The molecule has 0 saturated carbocycles. The molecular weight excluding hydrogens is 176 g/mol. The zero-order chi connectivity index (χ0) is 9.14. The number of carbonyl (C=O) groups is 1. The van der Waals surface area contributed by atoms with Crippen LogP contribution in [0.5, 0.6) is 0 Å². The number of thiophene rings is 1. The van der Waals surface area contributed by atoms with Gasteiger partial charge in [-0.25, -0.2) is 0 Å². The lowest BCUT2D eigenvalue weighted by Crippen LogP contribution is -2.13. The van der Waals surface area contributed by atoms with Gasteiger partial charge in [-0.3, -0.25) is 4.79 Å². The van der Waals surface area contributed by atoms with Gasteiger partial charge < -0.3 is 10.2 Å². The molecule has 1 heterocycles. The van der Waals surface area contributed by atoms with Crippen LogP contribution >= 0.6 is 11.3 Å². The van der Waals surface area contributed by atoms with Gasteiger partial charge in [0.1, 0.15) is 5.92 Å². The second-order valence-electron chi connectivity index (χ2n) is 2.52. The Morgan fingerprint density at radius 3 is 2.67 bits per heavy atom. The molecule has 0 amide bonds. The zero-order valence-corrected chi connectivity index (χ0v) is 7.47. The van der Waals surface area contributed by atoms with Crippen molar-refractivity contribution in [3.05, 3.63) is 21.9 Å². The summed E-state index contributed by atoms with van der Waals surface area (Å²) in [5, 5.41) is 17.5. The smallest absolute Gasteiger partial charge is 0.314 e. The Morgan fingerprint density at radius 1 is 1.67 bits per heavy atom. The van der Waals surface area contributed by atoms with Crippen LogP contribution in [0.25, 0.3) is 0 Å². The number of rotatable bonds is 3. The van der Waals surface area contributed by atoms with Gasteiger partial charge in [0.2, 0.25) is 0 Å². The number of aryl methyl sites for hydroxylation is 1. The third-order valence-electron chi connectivity index (χ3n) is 1.59. The minimum absolute atomic E-state index is 0.338. The van der Waals surface area contributed by atoms with Crippen LogP contribution in [-0.4, -0.2) is 22.8 Å². The molecule has 0 aliphatic heterocycles. The average molecular weight is 186 g/mol. The quantitative estimate of drug-likeness (QED) is 0.746. The first-order chi connectivity index (χ1) is 5.65. The standard InChI is InChI=1S/C8H10O3S/c1-5-2-3-7(12-5)6(4-9)8(10)11/h2-3,6,9H,4H2,1H3,(H,10,11). The summed E-state index contributed by atoms with van der Waals surface area (Å²) >= 11 is 1.41. The minimum atomic E-state index is -0.973. The van der Waals surface area contributed by atoms with Crippen molar-refractivity contribution in [2.24, 2.45) is 0 Å². The van der Waals surface area contributed by atoms with E-state index < -0.39 is 11.9 Å². The number of carboxylic acids is 1. The van der Waals surface area contributed by atoms with E-state index in [0.717, 1.165) is 4.88 Å². The SMILES string of the molecule is Cc1ccc(C(CO)C(=O)O)s1. The van der Waals surface area contributed by atoms with Gasteiger partial charge in [0.25, 0.3) is 0 Å². The van der Waals surface area contributed by atoms with E-state index in [2.05, 4.69) is 0 Å². The Balaban J connectivity index is 2.87. The molecule has 0 radical (unpaired) electrons. The van der Waals surface area contributed by atoms with Crippen LogP contribution in [0.15, 0.2) is 12.1 Å².